The summed E-state index contributed by atoms with van der Waals surface area (Å²) in [5.41, 5.74) is 1.86. The molecular weight excluding hydrogens is 386 g/mol. The van der Waals surface area contributed by atoms with Crippen LogP contribution in [-0.4, -0.2) is 54.9 Å². The van der Waals surface area contributed by atoms with Crippen molar-refractivity contribution in [1.29, 1.82) is 0 Å². The van der Waals surface area contributed by atoms with Gasteiger partial charge in [0.05, 0.1) is 26.5 Å². The lowest BCUT2D eigenvalue weighted by molar-refractivity contribution is -0.186. The second-order valence-corrected chi connectivity index (χ2v) is 7.84. The van der Waals surface area contributed by atoms with Crippen LogP contribution in [-0.2, 0) is 16.5 Å². The number of ether oxygens (including phenoxy) is 4. The first-order valence-electron chi connectivity index (χ1n) is 10.4. The highest BCUT2D eigenvalue weighted by Gasteiger charge is 2.42. The molecule has 0 bridgehead atoms. The molecule has 4 rings (SSSR count). The molecule has 2 fully saturated rings. The van der Waals surface area contributed by atoms with E-state index in [1.165, 1.54) is 6.42 Å². The monoisotopic (exact) mass is 415 g/mol. The normalized spacial score (nSPS) is 20.3. The summed E-state index contributed by atoms with van der Waals surface area (Å²) in [6, 6.07) is 7.24. The molecule has 1 aliphatic heterocycles. The maximum Gasteiger partial charge on any atom is 0.269 e. The van der Waals surface area contributed by atoms with Gasteiger partial charge < -0.3 is 24.3 Å². The quantitative estimate of drug-likeness (QED) is 0.781. The molecule has 8 heteroatoms. The van der Waals surface area contributed by atoms with Crippen LogP contribution in [0.3, 0.4) is 0 Å². The molecule has 30 heavy (non-hydrogen) atoms. The lowest BCUT2D eigenvalue weighted by Crippen LogP contribution is -2.37. The highest BCUT2D eigenvalue weighted by atomic mass is 16.7. The highest BCUT2D eigenvalue weighted by molar-refractivity contribution is 5.94. The van der Waals surface area contributed by atoms with Gasteiger partial charge in [0.25, 0.3) is 5.91 Å². The Kier molecular flexibility index (Phi) is 5.97. The number of aryl methyl sites for hydroxylation is 1. The Hall–Kier alpha value is -2.58. The molecule has 1 amide bonds. The summed E-state index contributed by atoms with van der Waals surface area (Å²) in [5, 5.41) is 7.46. The Morgan fingerprint density at radius 1 is 1.23 bits per heavy atom. The van der Waals surface area contributed by atoms with Gasteiger partial charge in [0.15, 0.2) is 5.79 Å². The third kappa shape index (κ3) is 4.15. The smallest absolute Gasteiger partial charge is 0.269 e. The lowest BCUT2D eigenvalue weighted by atomic mass is 9.94. The minimum absolute atomic E-state index is 0.127. The van der Waals surface area contributed by atoms with Gasteiger partial charge in [-0.05, 0) is 37.1 Å². The van der Waals surface area contributed by atoms with Crippen molar-refractivity contribution >= 4 is 5.91 Å². The molecule has 1 aromatic heterocycles. The summed E-state index contributed by atoms with van der Waals surface area (Å²) < 4.78 is 24.4. The second kappa shape index (κ2) is 8.65. The van der Waals surface area contributed by atoms with Crippen molar-refractivity contribution in [2.45, 2.75) is 44.0 Å². The van der Waals surface area contributed by atoms with E-state index in [-0.39, 0.29) is 12.0 Å². The molecule has 1 aliphatic carbocycles. The number of nitrogens with zero attached hydrogens (tertiary/aromatic N) is 2. The number of carbonyl (C=O) groups excluding carboxylic acids is 1. The van der Waals surface area contributed by atoms with E-state index in [2.05, 4.69) is 10.4 Å². The third-order valence-electron chi connectivity index (χ3n) is 5.81. The predicted molar refractivity (Wildman–Crippen MR) is 111 cm³/mol. The number of benzene rings is 1. The predicted octanol–water partition coefficient (Wildman–Crippen LogP) is 2.91. The first-order valence-corrected chi connectivity index (χ1v) is 10.4. The third-order valence-corrected chi connectivity index (χ3v) is 5.81. The Morgan fingerprint density at radius 3 is 2.77 bits per heavy atom. The summed E-state index contributed by atoms with van der Waals surface area (Å²) in [6.07, 6.45) is 5.24. The van der Waals surface area contributed by atoms with Crippen LogP contribution in [0.15, 0.2) is 24.3 Å². The number of hydrogen-bond donors (Lipinski definition) is 1. The van der Waals surface area contributed by atoms with Crippen LogP contribution >= 0.6 is 0 Å². The van der Waals surface area contributed by atoms with E-state index in [9.17, 15) is 4.79 Å². The van der Waals surface area contributed by atoms with Crippen molar-refractivity contribution < 1.29 is 23.7 Å². The fourth-order valence-electron chi connectivity index (χ4n) is 4.19. The number of aromatic nitrogens is 2. The van der Waals surface area contributed by atoms with Gasteiger partial charge in [-0.2, -0.15) is 5.10 Å². The molecule has 0 radical (unpaired) electrons. The van der Waals surface area contributed by atoms with Gasteiger partial charge in [-0.3, -0.25) is 9.48 Å². The summed E-state index contributed by atoms with van der Waals surface area (Å²) in [4.78, 5) is 12.8. The molecule has 8 nitrogen and oxygen atoms in total. The van der Waals surface area contributed by atoms with Crippen molar-refractivity contribution in [2.75, 3.05) is 27.4 Å². The number of nitrogens with one attached hydrogen (secondary N) is 1. The maximum atomic E-state index is 12.8. The average molecular weight is 415 g/mol. The van der Waals surface area contributed by atoms with Crippen molar-refractivity contribution in [1.82, 2.24) is 15.1 Å². The van der Waals surface area contributed by atoms with Gasteiger partial charge in [-0.15, -0.1) is 0 Å². The lowest BCUT2D eigenvalue weighted by Gasteiger charge is -2.31. The largest absolute Gasteiger partial charge is 0.497 e. The molecule has 1 spiro atoms. The topological polar surface area (TPSA) is 83.8 Å². The Bertz CT molecular complexity index is 904. The Balaban J connectivity index is 1.43. The molecule has 1 N–H and O–H groups in total. The van der Waals surface area contributed by atoms with E-state index in [0.29, 0.717) is 36.0 Å². The summed E-state index contributed by atoms with van der Waals surface area (Å²) >= 11 is 0. The molecule has 2 heterocycles. The summed E-state index contributed by atoms with van der Waals surface area (Å²) in [6.45, 7) is 0.918. The fraction of sp³-hybridized carbons (Fsp3) is 0.545. The minimum atomic E-state index is -0.434. The number of carbonyl (C=O) groups is 1. The van der Waals surface area contributed by atoms with Gasteiger partial charge >= 0.3 is 0 Å². The number of amides is 1. The zero-order valence-electron chi connectivity index (χ0n) is 17.8. The standard InChI is InChI=1S/C22H29N3O5/c1-25-19(12-18(24-25)17-11-15(27-2)7-8-20(17)28-3)21(26)23-13-16-14-29-22(30-16)9-5-4-6-10-22/h7-8,11-12,16H,4-6,9-10,13-14H2,1-3H3,(H,23,26)/t16-/m1/s1. The molecule has 162 valence electrons. The van der Waals surface area contributed by atoms with Gasteiger partial charge in [-0.1, -0.05) is 6.42 Å². The van der Waals surface area contributed by atoms with Crippen molar-refractivity contribution in [3.05, 3.63) is 30.0 Å². The van der Waals surface area contributed by atoms with Crippen LogP contribution in [0.4, 0.5) is 0 Å². The van der Waals surface area contributed by atoms with Crippen LogP contribution in [0, 0.1) is 0 Å². The Labute approximate surface area is 176 Å². The fourth-order valence-corrected chi connectivity index (χ4v) is 4.19. The van der Waals surface area contributed by atoms with Crippen molar-refractivity contribution in [3.8, 4) is 22.8 Å². The first kappa shape index (κ1) is 20.7. The Morgan fingerprint density at radius 2 is 2.03 bits per heavy atom. The van der Waals surface area contributed by atoms with Gasteiger partial charge in [0.2, 0.25) is 0 Å². The van der Waals surface area contributed by atoms with Crippen LogP contribution in [0.5, 0.6) is 11.5 Å². The van der Waals surface area contributed by atoms with Crippen molar-refractivity contribution in [3.63, 3.8) is 0 Å². The summed E-state index contributed by atoms with van der Waals surface area (Å²) in [5.74, 6) is 0.718. The van der Waals surface area contributed by atoms with Crippen LogP contribution in [0.2, 0.25) is 0 Å². The maximum absolute atomic E-state index is 12.8. The highest BCUT2D eigenvalue weighted by Crippen LogP contribution is 2.37. The van der Waals surface area contributed by atoms with Crippen LogP contribution in [0.1, 0.15) is 42.6 Å². The number of rotatable bonds is 6. The number of methoxy groups -OCH3 is 2. The molecule has 2 aromatic rings. The zero-order chi connectivity index (χ0) is 21.1. The van der Waals surface area contributed by atoms with Gasteiger partial charge in [0.1, 0.15) is 23.3 Å². The van der Waals surface area contributed by atoms with Crippen LogP contribution in [0.25, 0.3) is 11.3 Å². The molecule has 1 saturated heterocycles. The first-order chi connectivity index (χ1) is 14.5. The molecule has 1 aromatic carbocycles. The zero-order valence-corrected chi connectivity index (χ0v) is 17.8. The van der Waals surface area contributed by atoms with Gasteiger partial charge in [0, 0.05) is 32.0 Å². The second-order valence-electron chi connectivity index (χ2n) is 7.84. The van der Waals surface area contributed by atoms with E-state index < -0.39 is 5.79 Å². The van der Waals surface area contributed by atoms with Crippen molar-refractivity contribution in [2.24, 2.45) is 7.05 Å². The molecule has 1 atom stereocenters. The van der Waals surface area contributed by atoms with Crippen LogP contribution < -0.4 is 14.8 Å². The SMILES string of the molecule is COc1ccc(OC)c(-c2cc(C(=O)NC[C@@H]3COC4(CCCCC4)O3)n(C)n2)c1. The molecule has 2 aliphatic rings. The summed E-state index contributed by atoms with van der Waals surface area (Å²) in [7, 11) is 4.96. The molecular formula is C22H29N3O5. The molecule has 1 saturated carbocycles. The van der Waals surface area contributed by atoms with E-state index in [4.69, 9.17) is 18.9 Å². The number of hydrogen-bond acceptors (Lipinski definition) is 6. The van der Waals surface area contributed by atoms with E-state index >= 15 is 0 Å². The minimum Gasteiger partial charge on any atom is -0.497 e. The van der Waals surface area contributed by atoms with Gasteiger partial charge in [-0.25, -0.2) is 0 Å². The van der Waals surface area contributed by atoms with E-state index in [1.54, 1.807) is 32.0 Å². The van der Waals surface area contributed by atoms with E-state index in [1.807, 2.05) is 18.2 Å². The molecule has 0 unspecified atom stereocenters. The van der Waals surface area contributed by atoms with E-state index in [0.717, 1.165) is 31.2 Å². The average Bonchev–Trinajstić information content (AvgIpc) is 3.35.